The monoisotopic (exact) mass is 268 g/mol. The summed E-state index contributed by atoms with van der Waals surface area (Å²) >= 11 is 0. The Morgan fingerprint density at radius 2 is 1.80 bits per heavy atom. The zero-order chi connectivity index (χ0) is 13.9. The SMILES string of the molecule is Cc1cc(-c2ccccc2)nc(N2CCC(N)CC2)n1. The minimum absolute atomic E-state index is 0.324. The van der Waals surface area contributed by atoms with E-state index in [-0.39, 0.29) is 0 Å². The van der Waals surface area contributed by atoms with Crippen LogP contribution in [0.2, 0.25) is 0 Å². The van der Waals surface area contributed by atoms with Gasteiger partial charge in [-0.25, -0.2) is 9.97 Å². The van der Waals surface area contributed by atoms with Gasteiger partial charge in [0.2, 0.25) is 5.95 Å². The average molecular weight is 268 g/mol. The van der Waals surface area contributed by atoms with Crippen molar-refractivity contribution < 1.29 is 0 Å². The second-order valence-electron chi connectivity index (χ2n) is 5.39. The van der Waals surface area contributed by atoms with E-state index in [0.717, 1.165) is 48.8 Å². The lowest BCUT2D eigenvalue weighted by molar-refractivity contribution is 0.495. The largest absolute Gasteiger partial charge is 0.341 e. The zero-order valence-electron chi connectivity index (χ0n) is 11.8. The predicted molar refractivity (Wildman–Crippen MR) is 81.6 cm³/mol. The van der Waals surface area contributed by atoms with Crippen LogP contribution in [0.25, 0.3) is 11.3 Å². The van der Waals surface area contributed by atoms with Crippen LogP contribution >= 0.6 is 0 Å². The van der Waals surface area contributed by atoms with Crippen molar-refractivity contribution >= 4 is 5.95 Å². The molecule has 20 heavy (non-hydrogen) atoms. The van der Waals surface area contributed by atoms with Gasteiger partial charge in [0.1, 0.15) is 0 Å². The van der Waals surface area contributed by atoms with Gasteiger partial charge in [0.25, 0.3) is 0 Å². The van der Waals surface area contributed by atoms with Crippen LogP contribution in [0.1, 0.15) is 18.5 Å². The molecule has 104 valence electrons. The van der Waals surface area contributed by atoms with Crippen LogP contribution in [0.15, 0.2) is 36.4 Å². The van der Waals surface area contributed by atoms with Crippen molar-refractivity contribution in [2.45, 2.75) is 25.8 Å². The van der Waals surface area contributed by atoms with Crippen LogP contribution in [-0.2, 0) is 0 Å². The average Bonchev–Trinajstić information content (AvgIpc) is 2.48. The van der Waals surface area contributed by atoms with Crippen LogP contribution in [-0.4, -0.2) is 29.1 Å². The van der Waals surface area contributed by atoms with Crippen LogP contribution in [0, 0.1) is 6.92 Å². The van der Waals surface area contributed by atoms with E-state index in [1.54, 1.807) is 0 Å². The first-order valence-electron chi connectivity index (χ1n) is 7.14. The maximum absolute atomic E-state index is 5.96. The summed E-state index contributed by atoms with van der Waals surface area (Å²) in [6.45, 7) is 3.91. The number of aromatic nitrogens is 2. The van der Waals surface area contributed by atoms with E-state index >= 15 is 0 Å². The molecule has 0 saturated carbocycles. The number of piperidine rings is 1. The molecule has 2 aromatic rings. The Bertz CT molecular complexity index is 574. The quantitative estimate of drug-likeness (QED) is 0.908. The molecule has 2 N–H and O–H groups in total. The van der Waals surface area contributed by atoms with Gasteiger partial charge in [-0.05, 0) is 25.8 Å². The van der Waals surface area contributed by atoms with E-state index in [1.165, 1.54) is 0 Å². The molecule has 0 unspecified atom stereocenters. The fourth-order valence-corrected chi connectivity index (χ4v) is 2.55. The van der Waals surface area contributed by atoms with Gasteiger partial charge in [0, 0.05) is 30.4 Å². The second kappa shape index (κ2) is 5.59. The van der Waals surface area contributed by atoms with E-state index in [1.807, 2.05) is 31.2 Å². The third kappa shape index (κ3) is 2.80. The molecule has 1 saturated heterocycles. The van der Waals surface area contributed by atoms with Gasteiger partial charge >= 0.3 is 0 Å². The fraction of sp³-hybridized carbons (Fsp3) is 0.375. The summed E-state index contributed by atoms with van der Waals surface area (Å²) in [5.41, 5.74) is 9.08. The highest BCUT2D eigenvalue weighted by molar-refractivity contribution is 5.60. The fourth-order valence-electron chi connectivity index (χ4n) is 2.55. The molecule has 1 aliphatic rings. The maximum Gasteiger partial charge on any atom is 0.226 e. The zero-order valence-corrected chi connectivity index (χ0v) is 11.8. The van der Waals surface area contributed by atoms with E-state index in [2.05, 4.69) is 22.0 Å². The molecule has 0 radical (unpaired) electrons. The van der Waals surface area contributed by atoms with Crippen molar-refractivity contribution in [1.82, 2.24) is 9.97 Å². The predicted octanol–water partition coefficient (Wildman–Crippen LogP) is 2.38. The Morgan fingerprint density at radius 1 is 1.10 bits per heavy atom. The van der Waals surface area contributed by atoms with Gasteiger partial charge in [-0.3, -0.25) is 0 Å². The highest BCUT2D eigenvalue weighted by Gasteiger charge is 2.19. The molecule has 4 heteroatoms. The van der Waals surface area contributed by atoms with Gasteiger partial charge in [-0.2, -0.15) is 0 Å². The van der Waals surface area contributed by atoms with Crippen molar-refractivity contribution in [3.8, 4) is 11.3 Å². The number of nitrogens with two attached hydrogens (primary N) is 1. The highest BCUT2D eigenvalue weighted by atomic mass is 15.3. The normalized spacial score (nSPS) is 16.4. The lowest BCUT2D eigenvalue weighted by Gasteiger charge is -2.30. The second-order valence-corrected chi connectivity index (χ2v) is 5.39. The molecular weight excluding hydrogens is 248 g/mol. The summed E-state index contributed by atoms with van der Waals surface area (Å²) in [6, 6.07) is 12.6. The van der Waals surface area contributed by atoms with Gasteiger partial charge in [0.05, 0.1) is 5.69 Å². The minimum atomic E-state index is 0.324. The van der Waals surface area contributed by atoms with Crippen molar-refractivity contribution in [3.05, 3.63) is 42.1 Å². The Hall–Kier alpha value is -1.94. The molecule has 1 aromatic carbocycles. The Labute approximate surface area is 119 Å². The molecule has 2 heterocycles. The number of hydrogen-bond donors (Lipinski definition) is 1. The highest BCUT2D eigenvalue weighted by Crippen LogP contribution is 2.22. The van der Waals surface area contributed by atoms with Crippen LogP contribution in [0.5, 0.6) is 0 Å². The Morgan fingerprint density at radius 3 is 2.50 bits per heavy atom. The molecule has 0 spiro atoms. The standard InChI is InChI=1S/C16H20N4/c1-12-11-15(13-5-3-2-4-6-13)19-16(18-12)20-9-7-14(17)8-10-20/h2-6,11,14H,7-10,17H2,1H3. The summed E-state index contributed by atoms with van der Waals surface area (Å²) in [5.74, 6) is 0.829. The summed E-state index contributed by atoms with van der Waals surface area (Å²) in [6.07, 6.45) is 2.02. The molecule has 0 atom stereocenters. The first-order chi connectivity index (χ1) is 9.72. The van der Waals surface area contributed by atoms with E-state index in [0.29, 0.717) is 6.04 Å². The topological polar surface area (TPSA) is 55.0 Å². The molecule has 1 aliphatic heterocycles. The van der Waals surface area contributed by atoms with E-state index in [9.17, 15) is 0 Å². The summed E-state index contributed by atoms with van der Waals surface area (Å²) in [4.78, 5) is 11.5. The Kier molecular flexibility index (Phi) is 3.65. The molecule has 1 aromatic heterocycles. The first-order valence-corrected chi connectivity index (χ1v) is 7.14. The molecule has 3 rings (SSSR count). The summed E-state index contributed by atoms with van der Waals surface area (Å²) in [7, 11) is 0. The number of aryl methyl sites for hydroxylation is 1. The molecule has 4 nitrogen and oxygen atoms in total. The molecule has 0 bridgehead atoms. The number of rotatable bonds is 2. The lowest BCUT2D eigenvalue weighted by atomic mass is 10.1. The van der Waals surface area contributed by atoms with E-state index in [4.69, 9.17) is 10.7 Å². The molecule has 1 fully saturated rings. The number of hydrogen-bond acceptors (Lipinski definition) is 4. The van der Waals surface area contributed by atoms with Crippen LogP contribution in [0.4, 0.5) is 5.95 Å². The van der Waals surface area contributed by atoms with Crippen LogP contribution in [0.3, 0.4) is 0 Å². The van der Waals surface area contributed by atoms with Crippen LogP contribution < -0.4 is 10.6 Å². The third-order valence-electron chi connectivity index (χ3n) is 3.73. The molecular formula is C16H20N4. The van der Waals surface area contributed by atoms with Crippen molar-refractivity contribution in [2.75, 3.05) is 18.0 Å². The summed E-state index contributed by atoms with van der Waals surface area (Å²) < 4.78 is 0. The van der Waals surface area contributed by atoms with Gasteiger partial charge in [0.15, 0.2) is 0 Å². The smallest absolute Gasteiger partial charge is 0.226 e. The molecule has 0 amide bonds. The number of benzene rings is 1. The Balaban J connectivity index is 1.91. The third-order valence-corrected chi connectivity index (χ3v) is 3.73. The van der Waals surface area contributed by atoms with Gasteiger partial charge in [-0.15, -0.1) is 0 Å². The number of anilines is 1. The van der Waals surface area contributed by atoms with Gasteiger partial charge in [-0.1, -0.05) is 30.3 Å². The van der Waals surface area contributed by atoms with Crippen molar-refractivity contribution in [3.63, 3.8) is 0 Å². The summed E-state index contributed by atoms with van der Waals surface area (Å²) in [5, 5.41) is 0. The maximum atomic E-state index is 5.96. The van der Waals surface area contributed by atoms with Crippen molar-refractivity contribution in [2.24, 2.45) is 5.73 Å². The van der Waals surface area contributed by atoms with E-state index < -0.39 is 0 Å². The lowest BCUT2D eigenvalue weighted by Crippen LogP contribution is -2.40. The minimum Gasteiger partial charge on any atom is -0.341 e. The molecule has 0 aliphatic carbocycles. The van der Waals surface area contributed by atoms with Gasteiger partial charge < -0.3 is 10.6 Å². The first kappa shape index (κ1) is 13.1. The van der Waals surface area contributed by atoms with Crippen molar-refractivity contribution in [1.29, 1.82) is 0 Å². The number of nitrogens with zero attached hydrogens (tertiary/aromatic N) is 3.